The van der Waals surface area contributed by atoms with E-state index in [1.54, 1.807) is 0 Å². The number of nitrogens with zero attached hydrogens (tertiary/aromatic N) is 2. The molecule has 2 aliphatic rings. The number of hydrogen-bond acceptors (Lipinski definition) is 4. The third-order valence-electron chi connectivity index (χ3n) is 2.92. The smallest absolute Gasteiger partial charge is 0.239 e. The van der Waals surface area contributed by atoms with E-state index in [4.69, 9.17) is 0 Å². The SMILES string of the molecule is CN1CCN(NC(=O)C2CNC2)CC1. The molecule has 2 heterocycles. The van der Waals surface area contributed by atoms with Gasteiger partial charge in [-0.15, -0.1) is 0 Å². The minimum atomic E-state index is 0.174. The maximum absolute atomic E-state index is 11.6. The van der Waals surface area contributed by atoms with E-state index in [2.05, 4.69) is 22.7 Å². The second-order valence-corrected chi connectivity index (χ2v) is 4.12. The van der Waals surface area contributed by atoms with Crippen LogP contribution in [0.5, 0.6) is 0 Å². The third-order valence-corrected chi connectivity index (χ3v) is 2.92. The molecule has 0 aliphatic carbocycles. The average molecular weight is 198 g/mol. The number of rotatable bonds is 2. The Morgan fingerprint density at radius 2 is 1.93 bits per heavy atom. The van der Waals surface area contributed by atoms with Gasteiger partial charge in [0.15, 0.2) is 0 Å². The van der Waals surface area contributed by atoms with Gasteiger partial charge in [0.2, 0.25) is 5.91 Å². The zero-order valence-corrected chi connectivity index (χ0v) is 8.62. The van der Waals surface area contributed by atoms with Crippen LogP contribution in [0, 0.1) is 5.92 Å². The van der Waals surface area contributed by atoms with Crippen molar-refractivity contribution in [3.05, 3.63) is 0 Å². The van der Waals surface area contributed by atoms with Crippen LogP contribution in [0.4, 0.5) is 0 Å². The standard InChI is InChI=1S/C9H18N4O/c1-12-2-4-13(5-3-12)11-9(14)8-6-10-7-8/h8,10H,2-7H2,1H3,(H,11,14). The summed E-state index contributed by atoms with van der Waals surface area (Å²) in [5, 5.41) is 5.13. The van der Waals surface area contributed by atoms with Gasteiger partial charge >= 0.3 is 0 Å². The molecule has 2 fully saturated rings. The Morgan fingerprint density at radius 3 is 2.43 bits per heavy atom. The van der Waals surface area contributed by atoms with Gasteiger partial charge in [0, 0.05) is 39.3 Å². The van der Waals surface area contributed by atoms with Crippen molar-refractivity contribution in [2.24, 2.45) is 5.92 Å². The van der Waals surface area contributed by atoms with Crippen molar-refractivity contribution in [3.8, 4) is 0 Å². The molecule has 0 aromatic carbocycles. The number of piperazine rings is 1. The molecule has 14 heavy (non-hydrogen) atoms. The highest BCUT2D eigenvalue weighted by Gasteiger charge is 2.26. The van der Waals surface area contributed by atoms with Gasteiger partial charge in [-0.25, -0.2) is 5.01 Å². The number of hydrazine groups is 1. The summed E-state index contributed by atoms with van der Waals surface area (Å²) in [6, 6.07) is 0. The molecule has 0 atom stereocenters. The number of nitrogens with one attached hydrogen (secondary N) is 2. The highest BCUT2D eigenvalue weighted by molar-refractivity contribution is 5.79. The molecule has 2 N–H and O–H groups in total. The Hall–Kier alpha value is -0.650. The lowest BCUT2D eigenvalue weighted by atomic mass is 10.0. The van der Waals surface area contributed by atoms with Crippen LogP contribution in [-0.2, 0) is 4.79 Å². The number of likely N-dealkylation sites (N-methyl/N-ethyl adjacent to an activating group) is 1. The van der Waals surface area contributed by atoms with Crippen LogP contribution < -0.4 is 10.7 Å². The molecule has 80 valence electrons. The van der Waals surface area contributed by atoms with Gasteiger partial charge in [-0.2, -0.15) is 0 Å². The highest BCUT2D eigenvalue weighted by atomic mass is 16.2. The van der Waals surface area contributed by atoms with Gasteiger partial charge in [0.05, 0.1) is 5.92 Å². The summed E-state index contributed by atoms with van der Waals surface area (Å²) in [6.45, 7) is 5.59. The van der Waals surface area contributed by atoms with Crippen LogP contribution in [0.3, 0.4) is 0 Å². The first kappa shape index (κ1) is 9.89. The monoisotopic (exact) mass is 198 g/mol. The molecule has 0 aromatic heterocycles. The normalized spacial score (nSPS) is 25.8. The van der Waals surface area contributed by atoms with Crippen molar-refractivity contribution in [1.29, 1.82) is 0 Å². The quantitative estimate of drug-likeness (QED) is 0.566. The lowest BCUT2D eigenvalue weighted by Gasteiger charge is -2.34. The maximum atomic E-state index is 11.6. The minimum Gasteiger partial charge on any atom is -0.315 e. The molecule has 1 amide bonds. The van der Waals surface area contributed by atoms with E-state index >= 15 is 0 Å². The fourth-order valence-electron chi connectivity index (χ4n) is 1.64. The average Bonchev–Trinajstić information content (AvgIpc) is 2.06. The van der Waals surface area contributed by atoms with E-state index in [1.165, 1.54) is 0 Å². The van der Waals surface area contributed by atoms with Crippen molar-refractivity contribution in [1.82, 2.24) is 20.7 Å². The molecule has 5 nitrogen and oxygen atoms in total. The molecular formula is C9H18N4O. The number of hydrogen-bond donors (Lipinski definition) is 2. The molecule has 0 bridgehead atoms. The summed E-state index contributed by atoms with van der Waals surface area (Å²) in [5.74, 6) is 0.364. The highest BCUT2D eigenvalue weighted by Crippen LogP contribution is 2.03. The molecular weight excluding hydrogens is 180 g/mol. The Bertz CT molecular complexity index is 209. The van der Waals surface area contributed by atoms with E-state index in [-0.39, 0.29) is 11.8 Å². The zero-order chi connectivity index (χ0) is 9.97. The summed E-state index contributed by atoms with van der Waals surface area (Å²) >= 11 is 0. The van der Waals surface area contributed by atoms with Gasteiger partial charge < -0.3 is 10.2 Å². The van der Waals surface area contributed by atoms with Crippen LogP contribution in [0.1, 0.15) is 0 Å². The van der Waals surface area contributed by atoms with Crippen LogP contribution in [-0.4, -0.2) is 62.1 Å². The lowest BCUT2D eigenvalue weighted by Crippen LogP contribution is -2.58. The summed E-state index contributed by atoms with van der Waals surface area (Å²) in [5.41, 5.74) is 2.97. The van der Waals surface area contributed by atoms with Gasteiger partial charge in [0.1, 0.15) is 0 Å². The van der Waals surface area contributed by atoms with Crippen LogP contribution in [0.15, 0.2) is 0 Å². The Kier molecular flexibility index (Phi) is 3.00. The minimum absolute atomic E-state index is 0.174. The summed E-state index contributed by atoms with van der Waals surface area (Å²) in [7, 11) is 2.11. The maximum Gasteiger partial charge on any atom is 0.239 e. The van der Waals surface area contributed by atoms with E-state index in [0.29, 0.717) is 0 Å². The predicted molar refractivity (Wildman–Crippen MR) is 53.6 cm³/mol. The Labute approximate surface area is 84.4 Å². The largest absolute Gasteiger partial charge is 0.315 e. The third kappa shape index (κ3) is 2.23. The zero-order valence-electron chi connectivity index (χ0n) is 8.62. The molecule has 0 saturated carbocycles. The summed E-state index contributed by atoms with van der Waals surface area (Å²) in [4.78, 5) is 13.8. The molecule has 2 aliphatic heterocycles. The van der Waals surface area contributed by atoms with Crippen molar-refractivity contribution in [2.45, 2.75) is 0 Å². The van der Waals surface area contributed by atoms with E-state index in [0.717, 1.165) is 39.3 Å². The molecule has 2 saturated heterocycles. The molecule has 0 aromatic rings. The van der Waals surface area contributed by atoms with Gasteiger partial charge in [-0.3, -0.25) is 10.2 Å². The van der Waals surface area contributed by atoms with Crippen molar-refractivity contribution in [2.75, 3.05) is 46.3 Å². The fraction of sp³-hybridized carbons (Fsp3) is 0.889. The van der Waals surface area contributed by atoms with Crippen LogP contribution in [0.2, 0.25) is 0 Å². The van der Waals surface area contributed by atoms with Crippen molar-refractivity contribution >= 4 is 5.91 Å². The molecule has 0 radical (unpaired) electrons. The molecule has 0 unspecified atom stereocenters. The van der Waals surface area contributed by atoms with Crippen molar-refractivity contribution in [3.63, 3.8) is 0 Å². The number of carbonyl (C=O) groups is 1. The van der Waals surface area contributed by atoms with Crippen molar-refractivity contribution < 1.29 is 4.79 Å². The first-order valence-corrected chi connectivity index (χ1v) is 5.20. The summed E-state index contributed by atoms with van der Waals surface area (Å²) < 4.78 is 0. The first-order valence-electron chi connectivity index (χ1n) is 5.20. The van der Waals surface area contributed by atoms with E-state index in [9.17, 15) is 4.79 Å². The molecule has 5 heteroatoms. The number of carbonyl (C=O) groups excluding carboxylic acids is 1. The molecule has 2 rings (SSSR count). The van der Waals surface area contributed by atoms with Crippen LogP contribution in [0.25, 0.3) is 0 Å². The Balaban J connectivity index is 1.71. The Morgan fingerprint density at radius 1 is 1.29 bits per heavy atom. The van der Waals surface area contributed by atoms with E-state index in [1.807, 2.05) is 5.01 Å². The fourth-order valence-corrected chi connectivity index (χ4v) is 1.64. The van der Waals surface area contributed by atoms with Crippen LogP contribution >= 0.6 is 0 Å². The molecule has 0 spiro atoms. The summed E-state index contributed by atoms with van der Waals surface area (Å²) in [6.07, 6.45) is 0. The second-order valence-electron chi connectivity index (χ2n) is 4.12. The van der Waals surface area contributed by atoms with Gasteiger partial charge in [-0.1, -0.05) is 0 Å². The van der Waals surface area contributed by atoms with Gasteiger partial charge in [-0.05, 0) is 7.05 Å². The number of amides is 1. The van der Waals surface area contributed by atoms with Gasteiger partial charge in [0.25, 0.3) is 0 Å². The second kappa shape index (κ2) is 4.25. The topological polar surface area (TPSA) is 47.6 Å². The van der Waals surface area contributed by atoms with E-state index < -0.39 is 0 Å². The lowest BCUT2D eigenvalue weighted by molar-refractivity contribution is -0.132. The predicted octanol–water partition coefficient (Wildman–Crippen LogP) is -1.52. The first-order chi connectivity index (χ1) is 6.75.